The van der Waals surface area contributed by atoms with E-state index in [1.165, 1.54) is 0 Å². The molecule has 1 aliphatic rings. The molecular formula is C22H19ClN4O3. The number of methoxy groups -OCH3 is 1. The van der Waals surface area contributed by atoms with Gasteiger partial charge in [0, 0.05) is 42.0 Å². The van der Waals surface area contributed by atoms with Crippen molar-refractivity contribution in [2.75, 3.05) is 20.3 Å². The summed E-state index contributed by atoms with van der Waals surface area (Å²) in [5.74, 6) is -0.648. The second-order valence-corrected chi connectivity index (χ2v) is 6.84. The van der Waals surface area contributed by atoms with Crippen LogP contribution in [-0.4, -0.2) is 37.9 Å². The van der Waals surface area contributed by atoms with E-state index >= 15 is 0 Å². The van der Waals surface area contributed by atoms with Crippen LogP contribution in [-0.2, 0) is 9.53 Å². The number of nitrogens with one attached hydrogen (secondary N) is 2. The Balaban J connectivity index is 1.91. The van der Waals surface area contributed by atoms with E-state index in [-0.39, 0.29) is 17.1 Å². The molecule has 0 aromatic heterocycles. The molecule has 1 aliphatic heterocycles. The van der Waals surface area contributed by atoms with Crippen LogP contribution in [0.3, 0.4) is 0 Å². The Morgan fingerprint density at radius 2 is 1.93 bits per heavy atom. The van der Waals surface area contributed by atoms with Gasteiger partial charge in [-0.2, -0.15) is 5.26 Å². The standard InChI is InChI=1S/C22H19ClN4O3/c1-30-11-5-10-25-22(29)18(13-24)19-16-8-2-3-9-17(16)20(26-19)27-21(28)14-6-4-7-15(23)12-14/h2-4,6-9,12H,5,10-11H2,1H3,(H,25,29)(H,26,27,28). The predicted molar refractivity (Wildman–Crippen MR) is 114 cm³/mol. The molecule has 0 spiro atoms. The molecule has 0 atom stereocenters. The number of fused-ring (bicyclic) bond motifs is 1. The van der Waals surface area contributed by atoms with Crippen molar-refractivity contribution in [3.05, 3.63) is 75.8 Å². The molecule has 0 saturated heterocycles. The van der Waals surface area contributed by atoms with Crippen molar-refractivity contribution in [3.8, 4) is 6.07 Å². The van der Waals surface area contributed by atoms with Crippen molar-refractivity contribution in [2.24, 2.45) is 4.99 Å². The van der Waals surface area contributed by atoms with Crippen LogP contribution in [0, 0.1) is 11.3 Å². The van der Waals surface area contributed by atoms with Crippen LogP contribution in [0.4, 0.5) is 0 Å². The Hall–Kier alpha value is -3.47. The van der Waals surface area contributed by atoms with E-state index in [9.17, 15) is 14.9 Å². The maximum Gasteiger partial charge on any atom is 0.264 e. The molecule has 2 aromatic rings. The molecule has 3 rings (SSSR count). The molecule has 2 N–H and O–H groups in total. The fraction of sp³-hybridized carbons (Fsp3) is 0.182. The lowest BCUT2D eigenvalue weighted by Crippen LogP contribution is -2.30. The summed E-state index contributed by atoms with van der Waals surface area (Å²) >= 11 is 5.96. The molecule has 0 unspecified atom stereocenters. The second-order valence-electron chi connectivity index (χ2n) is 6.41. The van der Waals surface area contributed by atoms with Crippen molar-refractivity contribution in [3.63, 3.8) is 0 Å². The monoisotopic (exact) mass is 422 g/mol. The minimum atomic E-state index is -0.524. The molecule has 2 aromatic carbocycles. The topological polar surface area (TPSA) is 104 Å². The first kappa shape index (κ1) is 21.2. The normalized spacial score (nSPS) is 13.7. The molecule has 1 heterocycles. The van der Waals surface area contributed by atoms with E-state index in [0.717, 1.165) is 0 Å². The largest absolute Gasteiger partial charge is 0.385 e. The number of rotatable bonds is 6. The molecule has 0 aliphatic carbocycles. The summed E-state index contributed by atoms with van der Waals surface area (Å²) in [6.07, 6.45) is 0.622. The highest BCUT2D eigenvalue weighted by molar-refractivity contribution is 6.31. The minimum absolute atomic E-state index is 0.119. The maximum absolute atomic E-state index is 12.6. The molecule has 7 nitrogen and oxygen atoms in total. The van der Waals surface area contributed by atoms with Gasteiger partial charge in [0.1, 0.15) is 17.5 Å². The first-order valence-corrected chi connectivity index (χ1v) is 9.60. The number of hydrogen-bond acceptors (Lipinski definition) is 5. The Labute approximate surface area is 179 Å². The zero-order valence-electron chi connectivity index (χ0n) is 16.2. The first-order valence-electron chi connectivity index (χ1n) is 9.22. The molecule has 152 valence electrons. The van der Waals surface area contributed by atoms with Crippen molar-refractivity contribution in [2.45, 2.75) is 6.42 Å². The van der Waals surface area contributed by atoms with Crippen LogP contribution in [0.5, 0.6) is 0 Å². The lowest BCUT2D eigenvalue weighted by molar-refractivity contribution is -0.117. The Kier molecular flexibility index (Phi) is 6.96. The lowest BCUT2D eigenvalue weighted by Gasteiger charge is -2.06. The lowest BCUT2D eigenvalue weighted by atomic mass is 10.0. The van der Waals surface area contributed by atoms with Gasteiger partial charge < -0.3 is 15.4 Å². The van der Waals surface area contributed by atoms with Crippen molar-refractivity contribution in [1.29, 1.82) is 5.26 Å². The van der Waals surface area contributed by atoms with E-state index in [2.05, 4.69) is 15.6 Å². The molecule has 0 radical (unpaired) electrons. The summed E-state index contributed by atoms with van der Waals surface area (Å²) in [4.78, 5) is 29.5. The van der Waals surface area contributed by atoms with E-state index in [0.29, 0.717) is 41.3 Å². The van der Waals surface area contributed by atoms with Crippen LogP contribution in [0.2, 0.25) is 5.02 Å². The van der Waals surface area contributed by atoms with E-state index in [1.807, 2.05) is 6.07 Å². The number of ether oxygens (including phenoxy) is 1. The molecule has 0 bridgehead atoms. The summed E-state index contributed by atoms with van der Waals surface area (Å²) < 4.78 is 4.95. The SMILES string of the molecule is COCCCNC(=O)C(C#N)=C1N=C(NC(=O)c2cccc(Cl)c2)c2ccccc21. The van der Waals surface area contributed by atoms with Crippen molar-refractivity contribution in [1.82, 2.24) is 10.6 Å². The molecule has 30 heavy (non-hydrogen) atoms. The molecule has 0 fully saturated rings. The van der Waals surface area contributed by atoms with Gasteiger partial charge in [-0.25, -0.2) is 4.99 Å². The summed E-state index contributed by atoms with van der Waals surface area (Å²) in [5.41, 5.74) is 1.70. The van der Waals surface area contributed by atoms with Crippen LogP contribution >= 0.6 is 11.6 Å². The number of carbonyl (C=O) groups is 2. The number of halogens is 1. The summed E-state index contributed by atoms with van der Waals surface area (Å²) in [7, 11) is 1.58. The van der Waals surface area contributed by atoms with Crippen LogP contribution in [0.25, 0.3) is 5.70 Å². The number of nitrogens with zero attached hydrogens (tertiary/aromatic N) is 2. The molecule has 0 saturated carbocycles. The van der Waals surface area contributed by atoms with Gasteiger partial charge in [0.2, 0.25) is 0 Å². The minimum Gasteiger partial charge on any atom is -0.385 e. The van der Waals surface area contributed by atoms with Gasteiger partial charge in [-0.05, 0) is 24.6 Å². The summed E-state index contributed by atoms with van der Waals surface area (Å²) in [6, 6.07) is 15.6. The highest BCUT2D eigenvalue weighted by Gasteiger charge is 2.27. The third-order valence-electron chi connectivity index (χ3n) is 4.37. The Bertz CT molecular complexity index is 1090. The summed E-state index contributed by atoms with van der Waals surface area (Å²) in [6.45, 7) is 0.869. The smallest absolute Gasteiger partial charge is 0.264 e. The number of amidine groups is 1. The third-order valence-corrected chi connectivity index (χ3v) is 4.60. The fourth-order valence-corrected chi connectivity index (χ4v) is 3.13. The van der Waals surface area contributed by atoms with Crippen LogP contribution in [0.1, 0.15) is 27.9 Å². The van der Waals surface area contributed by atoms with Gasteiger partial charge in [0.25, 0.3) is 11.8 Å². The van der Waals surface area contributed by atoms with Crippen molar-refractivity contribution >= 4 is 34.9 Å². The highest BCUT2D eigenvalue weighted by Crippen LogP contribution is 2.30. The first-order chi connectivity index (χ1) is 14.5. The average Bonchev–Trinajstić information content (AvgIpc) is 3.10. The Morgan fingerprint density at radius 3 is 2.63 bits per heavy atom. The number of benzene rings is 2. The van der Waals surface area contributed by atoms with Gasteiger partial charge >= 0.3 is 0 Å². The average molecular weight is 423 g/mol. The third kappa shape index (κ3) is 4.74. The number of carbonyl (C=O) groups excluding carboxylic acids is 2. The Morgan fingerprint density at radius 1 is 1.17 bits per heavy atom. The van der Waals surface area contributed by atoms with Gasteiger partial charge in [0.15, 0.2) is 0 Å². The van der Waals surface area contributed by atoms with Crippen LogP contribution < -0.4 is 10.6 Å². The maximum atomic E-state index is 12.6. The number of amides is 2. The predicted octanol–water partition coefficient (Wildman–Crippen LogP) is 2.92. The van der Waals surface area contributed by atoms with E-state index in [1.54, 1.807) is 55.6 Å². The van der Waals surface area contributed by atoms with Crippen molar-refractivity contribution < 1.29 is 14.3 Å². The van der Waals surface area contributed by atoms with Gasteiger partial charge in [-0.1, -0.05) is 41.9 Å². The van der Waals surface area contributed by atoms with Gasteiger partial charge in [0.05, 0.1) is 5.70 Å². The zero-order chi connectivity index (χ0) is 21.5. The molecular weight excluding hydrogens is 404 g/mol. The van der Waals surface area contributed by atoms with Gasteiger partial charge in [-0.15, -0.1) is 0 Å². The number of nitriles is 1. The van der Waals surface area contributed by atoms with E-state index < -0.39 is 11.8 Å². The zero-order valence-corrected chi connectivity index (χ0v) is 17.0. The molecule has 2 amide bonds. The fourth-order valence-electron chi connectivity index (χ4n) is 2.94. The highest BCUT2D eigenvalue weighted by atomic mass is 35.5. The summed E-state index contributed by atoms with van der Waals surface area (Å²) in [5, 5.41) is 15.5. The second kappa shape index (κ2) is 9.83. The number of hydrogen-bond donors (Lipinski definition) is 2. The quantitative estimate of drug-likeness (QED) is 0.424. The number of aliphatic imine (C=N–C) groups is 1. The van der Waals surface area contributed by atoms with E-state index in [4.69, 9.17) is 16.3 Å². The molecule has 8 heteroatoms. The van der Waals surface area contributed by atoms with Crippen LogP contribution in [0.15, 0.2) is 59.1 Å². The van der Waals surface area contributed by atoms with Gasteiger partial charge in [-0.3, -0.25) is 9.59 Å².